The highest BCUT2D eigenvalue weighted by molar-refractivity contribution is 7.10. The van der Waals surface area contributed by atoms with Crippen LogP contribution in [0.2, 0.25) is 0 Å². The average molecular weight is 285 g/mol. The highest BCUT2D eigenvalue weighted by atomic mass is 32.1. The van der Waals surface area contributed by atoms with Gasteiger partial charge in [0.15, 0.2) is 5.78 Å². The number of ketones is 1. The number of nitrogens with zero attached hydrogens (tertiary/aromatic N) is 1. The first-order chi connectivity index (χ1) is 9.61. The molecule has 0 spiro atoms. The Balaban J connectivity index is 2.09. The van der Waals surface area contributed by atoms with Crippen LogP contribution < -0.4 is 0 Å². The van der Waals surface area contributed by atoms with Gasteiger partial charge in [0.1, 0.15) is 6.04 Å². The molecule has 2 amide bonds. The van der Waals surface area contributed by atoms with Crippen LogP contribution in [0, 0.1) is 0 Å². The first-order valence-corrected chi connectivity index (χ1v) is 7.00. The third kappa shape index (κ3) is 1.78. The van der Waals surface area contributed by atoms with Crippen LogP contribution in [0.15, 0.2) is 41.8 Å². The standard InChI is InChI=1S/C15H11NO3S/c1-9(17)13(12-7-4-8-20-12)16-14(18)10-5-2-3-6-11(10)15(16)19/h2-8,13H,1H3. The number of fused-ring (bicyclic) bond motifs is 1. The lowest BCUT2D eigenvalue weighted by Crippen LogP contribution is -2.37. The van der Waals surface area contributed by atoms with E-state index in [1.807, 2.05) is 5.38 Å². The van der Waals surface area contributed by atoms with Crippen molar-refractivity contribution < 1.29 is 14.4 Å². The molecule has 20 heavy (non-hydrogen) atoms. The van der Waals surface area contributed by atoms with E-state index in [9.17, 15) is 14.4 Å². The van der Waals surface area contributed by atoms with Crippen molar-refractivity contribution in [2.45, 2.75) is 13.0 Å². The predicted octanol–water partition coefficient (Wildman–Crippen LogP) is 2.67. The molecule has 0 fully saturated rings. The van der Waals surface area contributed by atoms with E-state index >= 15 is 0 Å². The summed E-state index contributed by atoms with van der Waals surface area (Å²) in [4.78, 5) is 38.5. The number of Topliss-reactive ketones (excluding diaryl/α,β-unsaturated/α-hetero) is 1. The molecule has 1 atom stereocenters. The number of carbonyl (C=O) groups is 3. The minimum absolute atomic E-state index is 0.220. The van der Waals surface area contributed by atoms with E-state index in [1.54, 1.807) is 36.4 Å². The smallest absolute Gasteiger partial charge is 0.262 e. The van der Waals surface area contributed by atoms with E-state index in [1.165, 1.54) is 18.3 Å². The van der Waals surface area contributed by atoms with Crippen LogP contribution in [0.1, 0.15) is 38.6 Å². The number of hydrogen-bond donors (Lipinski definition) is 0. The monoisotopic (exact) mass is 285 g/mol. The van der Waals surface area contributed by atoms with Crippen LogP contribution >= 0.6 is 11.3 Å². The highest BCUT2D eigenvalue weighted by Crippen LogP contribution is 2.33. The molecule has 1 aliphatic rings. The number of rotatable bonds is 3. The summed E-state index contributed by atoms with van der Waals surface area (Å²) in [7, 11) is 0. The lowest BCUT2D eigenvalue weighted by atomic mass is 10.1. The summed E-state index contributed by atoms with van der Waals surface area (Å²) in [5.41, 5.74) is 0.723. The predicted molar refractivity (Wildman–Crippen MR) is 74.7 cm³/mol. The zero-order valence-electron chi connectivity index (χ0n) is 10.7. The topological polar surface area (TPSA) is 54.5 Å². The van der Waals surface area contributed by atoms with E-state index in [0.29, 0.717) is 16.0 Å². The molecule has 0 aliphatic carbocycles. The van der Waals surface area contributed by atoms with Gasteiger partial charge in [-0.3, -0.25) is 19.3 Å². The summed E-state index contributed by atoms with van der Waals surface area (Å²) < 4.78 is 0. The summed E-state index contributed by atoms with van der Waals surface area (Å²) in [5.74, 6) is -1.03. The molecule has 0 saturated heterocycles. The van der Waals surface area contributed by atoms with Gasteiger partial charge in [-0.25, -0.2) is 0 Å². The van der Waals surface area contributed by atoms with Crippen LogP contribution in [-0.4, -0.2) is 22.5 Å². The van der Waals surface area contributed by atoms with Crippen molar-refractivity contribution in [3.8, 4) is 0 Å². The molecule has 1 aromatic carbocycles. The second kappa shape index (κ2) is 4.68. The lowest BCUT2D eigenvalue weighted by molar-refractivity contribution is -0.120. The summed E-state index contributed by atoms with van der Waals surface area (Å²) in [6.45, 7) is 1.40. The molecule has 0 N–H and O–H groups in total. The Kier molecular flexibility index (Phi) is 2.99. The normalized spacial score (nSPS) is 15.3. The van der Waals surface area contributed by atoms with E-state index in [0.717, 1.165) is 4.90 Å². The third-order valence-electron chi connectivity index (χ3n) is 3.28. The van der Waals surface area contributed by atoms with Gasteiger partial charge in [0.05, 0.1) is 11.1 Å². The van der Waals surface area contributed by atoms with Crippen LogP contribution in [0.3, 0.4) is 0 Å². The molecule has 5 heteroatoms. The molecule has 1 aliphatic heterocycles. The van der Waals surface area contributed by atoms with Gasteiger partial charge in [-0.1, -0.05) is 18.2 Å². The van der Waals surface area contributed by atoms with Crippen molar-refractivity contribution in [2.24, 2.45) is 0 Å². The molecule has 4 nitrogen and oxygen atoms in total. The van der Waals surface area contributed by atoms with Gasteiger partial charge < -0.3 is 0 Å². The molecule has 2 heterocycles. The average Bonchev–Trinajstić information content (AvgIpc) is 3.03. The first kappa shape index (κ1) is 12.7. The summed E-state index contributed by atoms with van der Waals surface area (Å²) in [6.07, 6.45) is 0. The van der Waals surface area contributed by atoms with Crippen molar-refractivity contribution in [3.05, 3.63) is 57.8 Å². The Morgan fingerprint density at radius 1 is 1.05 bits per heavy atom. The van der Waals surface area contributed by atoms with Crippen LogP contribution in [-0.2, 0) is 4.79 Å². The van der Waals surface area contributed by atoms with Gasteiger partial charge in [0, 0.05) is 4.88 Å². The first-order valence-electron chi connectivity index (χ1n) is 6.12. The van der Waals surface area contributed by atoms with Gasteiger partial charge in [-0.05, 0) is 30.5 Å². The van der Waals surface area contributed by atoms with Gasteiger partial charge in [-0.2, -0.15) is 0 Å². The van der Waals surface area contributed by atoms with Crippen LogP contribution in [0.5, 0.6) is 0 Å². The maximum absolute atomic E-state index is 12.4. The number of carbonyl (C=O) groups excluding carboxylic acids is 3. The van der Waals surface area contributed by atoms with Gasteiger partial charge in [0.2, 0.25) is 0 Å². The second-order valence-corrected chi connectivity index (χ2v) is 5.53. The second-order valence-electron chi connectivity index (χ2n) is 4.55. The van der Waals surface area contributed by atoms with E-state index in [2.05, 4.69) is 0 Å². The summed E-state index contributed by atoms with van der Waals surface area (Å²) in [5, 5.41) is 1.82. The van der Waals surface area contributed by atoms with Crippen molar-refractivity contribution >= 4 is 28.9 Å². The number of hydrogen-bond acceptors (Lipinski definition) is 4. The van der Waals surface area contributed by atoms with Crippen molar-refractivity contribution in [1.82, 2.24) is 4.90 Å². The van der Waals surface area contributed by atoms with Crippen molar-refractivity contribution in [3.63, 3.8) is 0 Å². The quantitative estimate of drug-likeness (QED) is 0.815. The maximum atomic E-state index is 12.4. The molecule has 1 aromatic heterocycles. The number of benzene rings is 1. The molecule has 0 saturated carbocycles. The zero-order chi connectivity index (χ0) is 14.3. The fourth-order valence-corrected chi connectivity index (χ4v) is 3.27. The zero-order valence-corrected chi connectivity index (χ0v) is 11.5. The van der Waals surface area contributed by atoms with Crippen LogP contribution in [0.4, 0.5) is 0 Å². The van der Waals surface area contributed by atoms with Crippen molar-refractivity contribution in [1.29, 1.82) is 0 Å². The van der Waals surface area contributed by atoms with Crippen LogP contribution in [0.25, 0.3) is 0 Å². The summed E-state index contributed by atoms with van der Waals surface area (Å²) >= 11 is 1.36. The number of amides is 2. The largest absolute Gasteiger partial charge is 0.297 e. The summed E-state index contributed by atoms with van der Waals surface area (Å²) in [6, 6.07) is 9.38. The fraction of sp³-hybridized carbons (Fsp3) is 0.133. The minimum Gasteiger partial charge on any atom is -0.297 e. The SMILES string of the molecule is CC(=O)C(c1cccs1)N1C(=O)c2ccccc2C1=O. The molecule has 0 radical (unpaired) electrons. The van der Waals surface area contributed by atoms with Gasteiger partial charge in [0.25, 0.3) is 11.8 Å². The lowest BCUT2D eigenvalue weighted by Gasteiger charge is -2.22. The molecule has 0 bridgehead atoms. The van der Waals surface area contributed by atoms with E-state index in [4.69, 9.17) is 0 Å². The van der Waals surface area contributed by atoms with E-state index < -0.39 is 17.9 Å². The molecule has 3 rings (SSSR count). The maximum Gasteiger partial charge on any atom is 0.262 e. The minimum atomic E-state index is -0.831. The Labute approximate surface area is 119 Å². The van der Waals surface area contributed by atoms with E-state index in [-0.39, 0.29) is 5.78 Å². The Morgan fingerprint density at radius 3 is 2.10 bits per heavy atom. The fourth-order valence-electron chi connectivity index (χ4n) is 2.40. The van der Waals surface area contributed by atoms with Gasteiger partial charge in [-0.15, -0.1) is 11.3 Å². The molecular formula is C15H11NO3S. The third-order valence-corrected chi connectivity index (χ3v) is 4.21. The molecular weight excluding hydrogens is 274 g/mol. The Hall–Kier alpha value is -2.27. The highest BCUT2D eigenvalue weighted by Gasteiger charge is 2.42. The number of imide groups is 1. The number of thiophene rings is 1. The molecule has 1 unspecified atom stereocenters. The van der Waals surface area contributed by atoms with Gasteiger partial charge >= 0.3 is 0 Å². The Bertz CT molecular complexity index is 671. The molecule has 100 valence electrons. The molecule has 2 aromatic rings. The van der Waals surface area contributed by atoms with Crippen molar-refractivity contribution in [2.75, 3.05) is 0 Å². The Morgan fingerprint density at radius 2 is 1.65 bits per heavy atom.